The van der Waals surface area contributed by atoms with E-state index >= 15 is 0 Å². The van der Waals surface area contributed by atoms with Gasteiger partial charge in [0.15, 0.2) is 17.5 Å². The molecule has 0 radical (unpaired) electrons. The summed E-state index contributed by atoms with van der Waals surface area (Å²) in [4.78, 5) is 16.4. The van der Waals surface area contributed by atoms with Gasteiger partial charge >= 0.3 is 0 Å². The average Bonchev–Trinajstić information content (AvgIpc) is 4.00. The van der Waals surface area contributed by atoms with Gasteiger partial charge in [0.1, 0.15) is 11.2 Å². The number of hydrogen-bond acceptors (Lipinski definition) is 5. The first-order valence-corrected chi connectivity index (χ1v) is 21.2. The van der Waals surface area contributed by atoms with E-state index in [1.807, 2.05) is 18.2 Å². The van der Waals surface area contributed by atoms with E-state index in [0.717, 1.165) is 71.9 Å². The second-order valence-electron chi connectivity index (χ2n) is 15.5. The van der Waals surface area contributed by atoms with Gasteiger partial charge in [-0.2, -0.15) is 0 Å². The Hall–Kier alpha value is -7.93. The Balaban J connectivity index is 1.15. The van der Waals surface area contributed by atoms with E-state index in [1.54, 1.807) is 11.3 Å². The molecular weight excluding hydrogens is 765 g/mol. The Morgan fingerprint density at radius 1 is 0.393 bits per heavy atom. The SMILES string of the molecule is c1ccc(-c2ccc(-c3nc(-c4c(-n5c6ccccc6c6cc7ccccc7cc65)ccc5oc6ccccc6c45)nc(-c4cccc5sc6ccccc6c45)n3)cc2)cc1. The van der Waals surface area contributed by atoms with Crippen LogP contribution < -0.4 is 0 Å². The van der Waals surface area contributed by atoms with E-state index in [2.05, 4.69) is 180 Å². The van der Waals surface area contributed by atoms with Crippen molar-refractivity contribution in [1.82, 2.24) is 19.5 Å². The first-order valence-electron chi connectivity index (χ1n) is 20.4. The minimum absolute atomic E-state index is 0.572. The predicted octanol–water partition coefficient (Wildman–Crippen LogP) is 15.1. The molecular formula is C55H32N4OS. The lowest BCUT2D eigenvalue weighted by molar-refractivity contribution is 0.669. The van der Waals surface area contributed by atoms with Gasteiger partial charge in [-0.3, -0.25) is 0 Å². The van der Waals surface area contributed by atoms with Crippen molar-refractivity contribution in [2.75, 3.05) is 0 Å². The molecule has 0 aliphatic carbocycles. The first-order chi connectivity index (χ1) is 30.2. The van der Waals surface area contributed by atoms with Crippen molar-refractivity contribution in [3.63, 3.8) is 0 Å². The third-order valence-corrected chi connectivity index (χ3v) is 13.2. The molecule has 0 fully saturated rings. The molecule has 0 saturated heterocycles. The lowest BCUT2D eigenvalue weighted by atomic mass is 10.0. The molecule has 13 aromatic rings. The van der Waals surface area contributed by atoms with Gasteiger partial charge < -0.3 is 8.98 Å². The first kappa shape index (κ1) is 34.0. The maximum absolute atomic E-state index is 6.62. The maximum Gasteiger partial charge on any atom is 0.166 e. The summed E-state index contributed by atoms with van der Waals surface area (Å²) in [5.41, 5.74) is 9.78. The van der Waals surface area contributed by atoms with Crippen LogP contribution in [0, 0.1) is 0 Å². The molecule has 0 aliphatic heterocycles. The fourth-order valence-corrected chi connectivity index (χ4v) is 10.4. The number of fused-ring (bicyclic) bond motifs is 10. The molecule has 0 aliphatic rings. The number of rotatable bonds is 5. The maximum atomic E-state index is 6.62. The summed E-state index contributed by atoms with van der Waals surface area (Å²) in [6.45, 7) is 0. The van der Waals surface area contributed by atoms with Crippen LogP contribution in [0.15, 0.2) is 199 Å². The number of nitrogens with zero attached hydrogens (tertiary/aromatic N) is 4. The summed E-state index contributed by atoms with van der Waals surface area (Å²) in [7, 11) is 0. The number of hydrogen-bond donors (Lipinski definition) is 0. The van der Waals surface area contributed by atoms with Gasteiger partial charge in [0.25, 0.3) is 0 Å². The van der Waals surface area contributed by atoms with Crippen molar-refractivity contribution in [2.24, 2.45) is 0 Å². The van der Waals surface area contributed by atoms with Crippen LogP contribution in [0.2, 0.25) is 0 Å². The van der Waals surface area contributed by atoms with Crippen LogP contribution in [-0.2, 0) is 0 Å². The zero-order valence-corrected chi connectivity index (χ0v) is 33.4. The minimum atomic E-state index is 0.572. The Bertz CT molecular complexity index is 3880. The van der Waals surface area contributed by atoms with Gasteiger partial charge in [0.05, 0.1) is 22.3 Å². The monoisotopic (exact) mass is 796 g/mol. The van der Waals surface area contributed by atoms with Gasteiger partial charge in [-0.1, -0.05) is 146 Å². The lowest BCUT2D eigenvalue weighted by Crippen LogP contribution is -2.04. The van der Waals surface area contributed by atoms with Crippen molar-refractivity contribution in [1.29, 1.82) is 0 Å². The van der Waals surface area contributed by atoms with Gasteiger partial charge in [0, 0.05) is 52.8 Å². The van der Waals surface area contributed by atoms with Gasteiger partial charge in [-0.05, 0) is 70.4 Å². The van der Waals surface area contributed by atoms with Crippen molar-refractivity contribution in [3.8, 4) is 51.0 Å². The van der Waals surface area contributed by atoms with E-state index < -0.39 is 0 Å². The molecule has 61 heavy (non-hydrogen) atoms. The van der Waals surface area contributed by atoms with Crippen LogP contribution in [0.1, 0.15) is 0 Å². The molecule has 4 aromatic heterocycles. The highest BCUT2D eigenvalue weighted by Gasteiger charge is 2.25. The predicted molar refractivity (Wildman–Crippen MR) is 254 cm³/mol. The highest BCUT2D eigenvalue weighted by Crippen LogP contribution is 2.45. The van der Waals surface area contributed by atoms with E-state index in [9.17, 15) is 0 Å². The van der Waals surface area contributed by atoms with Crippen LogP contribution >= 0.6 is 11.3 Å². The second-order valence-corrected chi connectivity index (χ2v) is 16.6. The molecule has 5 nitrogen and oxygen atoms in total. The molecule has 0 bridgehead atoms. The zero-order valence-electron chi connectivity index (χ0n) is 32.6. The molecule has 0 atom stereocenters. The smallest absolute Gasteiger partial charge is 0.166 e. The fourth-order valence-electron chi connectivity index (χ4n) is 9.27. The molecule has 0 saturated carbocycles. The van der Waals surface area contributed by atoms with Crippen molar-refractivity contribution >= 4 is 86.0 Å². The summed E-state index contributed by atoms with van der Waals surface area (Å²) in [6.07, 6.45) is 0. The van der Waals surface area contributed by atoms with Crippen LogP contribution in [0.5, 0.6) is 0 Å². The number of aromatic nitrogens is 4. The topological polar surface area (TPSA) is 56.7 Å². The average molecular weight is 797 g/mol. The Morgan fingerprint density at radius 2 is 1.05 bits per heavy atom. The highest BCUT2D eigenvalue weighted by atomic mass is 32.1. The second kappa shape index (κ2) is 13.3. The summed E-state index contributed by atoms with van der Waals surface area (Å²) in [6, 6.07) is 68.5. The van der Waals surface area contributed by atoms with Crippen molar-refractivity contribution < 1.29 is 4.42 Å². The molecule has 6 heteroatoms. The summed E-state index contributed by atoms with van der Waals surface area (Å²) in [5, 5.41) is 9.04. The molecule has 0 spiro atoms. The van der Waals surface area contributed by atoms with Gasteiger partial charge in [-0.25, -0.2) is 15.0 Å². The molecule has 0 N–H and O–H groups in total. The summed E-state index contributed by atoms with van der Waals surface area (Å²) >= 11 is 1.79. The molecule has 13 rings (SSSR count). The highest BCUT2D eigenvalue weighted by molar-refractivity contribution is 7.25. The van der Waals surface area contributed by atoms with E-state index in [0.29, 0.717) is 17.5 Å². The quantitative estimate of drug-likeness (QED) is 0.174. The molecule has 0 unspecified atom stereocenters. The van der Waals surface area contributed by atoms with Crippen molar-refractivity contribution in [2.45, 2.75) is 0 Å². The standard InChI is InChI=1S/C55H32N4OS/c1-2-13-33(14-3-1)34-25-27-35(28-26-34)53-56-54(41-20-12-24-49-50(41)40-19-8-11-23-48(40)61-49)58-55(57-53)52-44(29-30-47-51(52)39-18-7-10-22-46(39)60-47)59-43-21-9-6-17-38(43)42-31-36-15-4-5-16-37(36)32-45(42)59/h1-32H. The van der Waals surface area contributed by atoms with Crippen molar-refractivity contribution in [3.05, 3.63) is 194 Å². The molecule has 9 aromatic carbocycles. The minimum Gasteiger partial charge on any atom is -0.456 e. The third-order valence-electron chi connectivity index (χ3n) is 12.1. The van der Waals surface area contributed by atoms with Crippen LogP contribution in [0.3, 0.4) is 0 Å². The van der Waals surface area contributed by atoms with Gasteiger partial charge in [0.2, 0.25) is 0 Å². The summed E-state index contributed by atoms with van der Waals surface area (Å²) in [5.74, 6) is 1.79. The Labute approximate surface area is 353 Å². The largest absolute Gasteiger partial charge is 0.456 e. The van der Waals surface area contributed by atoms with E-state index in [4.69, 9.17) is 19.4 Å². The van der Waals surface area contributed by atoms with Crippen LogP contribution in [0.25, 0.3) is 126 Å². The van der Waals surface area contributed by atoms with Crippen LogP contribution in [-0.4, -0.2) is 19.5 Å². The Morgan fingerprint density at radius 3 is 1.92 bits per heavy atom. The summed E-state index contributed by atoms with van der Waals surface area (Å²) < 4.78 is 11.4. The van der Waals surface area contributed by atoms with E-state index in [-0.39, 0.29) is 0 Å². The number of para-hydroxylation sites is 2. The van der Waals surface area contributed by atoms with Gasteiger partial charge in [-0.15, -0.1) is 11.3 Å². The Kier molecular flexibility index (Phi) is 7.41. The number of benzene rings is 9. The van der Waals surface area contributed by atoms with E-state index in [1.165, 1.54) is 36.3 Å². The normalized spacial score (nSPS) is 11.9. The molecule has 4 heterocycles. The number of thiophene rings is 1. The van der Waals surface area contributed by atoms with Crippen LogP contribution in [0.4, 0.5) is 0 Å². The third kappa shape index (κ3) is 5.29. The lowest BCUT2D eigenvalue weighted by Gasteiger charge is -2.16. The molecule has 284 valence electrons. The number of furan rings is 1. The fraction of sp³-hybridized carbons (Fsp3) is 0. The molecule has 0 amide bonds. The zero-order chi connectivity index (χ0) is 40.0.